The predicted molar refractivity (Wildman–Crippen MR) is 247 cm³/mol. The van der Waals surface area contributed by atoms with E-state index in [-0.39, 0.29) is 0 Å². The zero-order valence-corrected chi connectivity index (χ0v) is 32.0. The molecule has 0 saturated heterocycles. The quantitative estimate of drug-likeness (QED) is 0.158. The zero-order valence-electron chi connectivity index (χ0n) is 32.0. The van der Waals surface area contributed by atoms with Gasteiger partial charge in [0.05, 0.1) is 11.1 Å². The van der Waals surface area contributed by atoms with Gasteiger partial charge in [-0.2, -0.15) is 0 Å². The summed E-state index contributed by atoms with van der Waals surface area (Å²) >= 11 is 0. The van der Waals surface area contributed by atoms with Gasteiger partial charge in [0.15, 0.2) is 0 Å². The van der Waals surface area contributed by atoms with Crippen LogP contribution in [0.5, 0.6) is 0 Å². The van der Waals surface area contributed by atoms with Crippen LogP contribution < -0.4 is 4.90 Å². The first-order valence-electron chi connectivity index (χ1n) is 20.1. The minimum Gasteiger partial charge on any atom is -0.456 e. The van der Waals surface area contributed by atoms with Crippen molar-refractivity contribution in [2.45, 2.75) is 0 Å². The van der Waals surface area contributed by atoms with Gasteiger partial charge >= 0.3 is 0 Å². The first-order valence-corrected chi connectivity index (χ1v) is 20.1. The second kappa shape index (κ2) is 13.4. The summed E-state index contributed by atoms with van der Waals surface area (Å²) in [6, 6.07) is 75.7. The van der Waals surface area contributed by atoms with E-state index in [1.165, 1.54) is 27.1 Å². The Hall–Kier alpha value is -7.88. The third-order valence-electron chi connectivity index (χ3n) is 11.9. The first-order chi connectivity index (χ1) is 29.2. The highest BCUT2D eigenvalue weighted by atomic mass is 16.3. The minimum absolute atomic E-state index is 0.853. The summed E-state index contributed by atoms with van der Waals surface area (Å²) in [7, 11) is 0. The van der Waals surface area contributed by atoms with E-state index < -0.39 is 0 Å². The number of furan rings is 2. The van der Waals surface area contributed by atoms with Gasteiger partial charge in [-0.25, -0.2) is 0 Å². The van der Waals surface area contributed by atoms with E-state index in [0.29, 0.717) is 0 Å². The molecule has 0 amide bonds. The first kappa shape index (κ1) is 33.3. The number of para-hydroxylation sites is 1. The van der Waals surface area contributed by atoms with Crippen LogP contribution in [0.25, 0.3) is 98.8 Å². The summed E-state index contributed by atoms with van der Waals surface area (Å²) in [5.74, 6) is 0. The van der Waals surface area contributed by atoms with Crippen molar-refractivity contribution in [2.24, 2.45) is 0 Å². The van der Waals surface area contributed by atoms with Crippen LogP contribution in [0.4, 0.5) is 17.1 Å². The van der Waals surface area contributed by atoms with E-state index in [4.69, 9.17) is 8.83 Å². The van der Waals surface area contributed by atoms with Gasteiger partial charge in [-0.3, -0.25) is 0 Å². The number of rotatable bonds is 6. The molecule has 0 N–H and O–H groups in total. The van der Waals surface area contributed by atoms with E-state index in [0.717, 1.165) is 88.8 Å². The molecule has 0 aliphatic carbocycles. The Balaban J connectivity index is 1.05. The molecular weight excluding hydrogens is 719 g/mol. The maximum absolute atomic E-state index is 6.76. The Kier molecular flexibility index (Phi) is 7.54. The third-order valence-corrected chi connectivity index (χ3v) is 11.9. The van der Waals surface area contributed by atoms with Gasteiger partial charge in [-0.15, -0.1) is 0 Å². The third kappa shape index (κ3) is 5.51. The molecule has 0 aliphatic heterocycles. The van der Waals surface area contributed by atoms with E-state index in [1.54, 1.807) is 0 Å². The van der Waals surface area contributed by atoms with Crippen molar-refractivity contribution < 1.29 is 8.83 Å². The van der Waals surface area contributed by atoms with Gasteiger partial charge in [0.25, 0.3) is 0 Å². The van der Waals surface area contributed by atoms with Gasteiger partial charge in [0.2, 0.25) is 0 Å². The predicted octanol–water partition coefficient (Wildman–Crippen LogP) is 16.3. The number of benzene rings is 10. The molecule has 12 rings (SSSR count). The lowest BCUT2D eigenvalue weighted by Crippen LogP contribution is -2.10. The maximum Gasteiger partial charge on any atom is 0.145 e. The van der Waals surface area contributed by atoms with Gasteiger partial charge in [0, 0.05) is 33.1 Å². The number of hydrogen-bond acceptors (Lipinski definition) is 3. The van der Waals surface area contributed by atoms with Crippen LogP contribution in [0.2, 0.25) is 0 Å². The Bertz CT molecular complexity index is 3540. The molecule has 0 fully saturated rings. The van der Waals surface area contributed by atoms with Crippen LogP contribution in [0.15, 0.2) is 221 Å². The van der Waals surface area contributed by atoms with Crippen LogP contribution >= 0.6 is 0 Å². The average molecular weight is 754 g/mol. The van der Waals surface area contributed by atoms with E-state index >= 15 is 0 Å². The number of anilines is 3. The molecule has 276 valence electrons. The molecule has 59 heavy (non-hydrogen) atoms. The molecule has 0 radical (unpaired) electrons. The van der Waals surface area contributed by atoms with Gasteiger partial charge in [0.1, 0.15) is 22.3 Å². The average Bonchev–Trinajstić information content (AvgIpc) is 3.88. The fraction of sp³-hybridized carbons (Fsp3) is 0. The molecule has 10 aromatic carbocycles. The SMILES string of the molecule is c1ccc(-c2ccc3c(c2)oc2ccc(N(c4ccc(-c5ccc6ccc7ccccc7c6c5)cc4)c4ccc(-c5ccccc5)c5oc6ccccc6c45)cc23)cc1. The maximum atomic E-state index is 6.76. The monoisotopic (exact) mass is 753 g/mol. The highest BCUT2D eigenvalue weighted by molar-refractivity contribution is 6.18. The molecule has 0 bridgehead atoms. The van der Waals surface area contributed by atoms with Crippen molar-refractivity contribution in [1.29, 1.82) is 0 Å². The Morgan fingerprint density at radius 1 is 0.305 bits per heavy atom. The number of hydrogen-bond donors (Lipinski definition) is 0. The molecule has 0 saturated carbocycles. The number of nitrogens with zero attached hydrogens (tertiary/aromatic N) is 1. The Morgan fingerprint density at radius 3 is 1.75 bits per heavy atom. The molecule has 2 aromatic heterocycles. The smallest absolute Gasteiger partial charge is 0.145 e. The molecular formula is C56H35NO2. The van der Waals surface area contributed by atoms with Gasteiger partial charge in [-0.05, 0) is 116 Å². The second-order valence-electron chi connectivity index (χ2n) is 15.3. The summed E-state index contributed by atoms with van der Waals surface area (Å²) in [5.41, 5.74) is 13.4. The molecule has 3 heteroatoms. The highest BCUT2D eigenvalue weighted by Crippen LogP contribution is 2.47. The fourth-order valence-electron chi connectivity index (χ4n) is 8.97. The van der Waals surface area contributed by atoms with Crippen LogP contribution in [0.1, 0.15) is 0 Å². The van der Waals surface area contributed by atoms with E-state index in [9.17, 15) is 0 Å². The van der Waals surface area contributed by atoms with Crippen molar-refractivity contribution in [2.75, 3.05) is 4.90 Å². The topological polar surface area (TPSA) is 29.5 Å². The molecule has 2 heterocycles. The molecule has 3 nitrogen and oxygen atoms in total. The highest BCUT2D eigenvalue weighted by Gasteiger charge is 2.23. The lowest BCUT2D eigenvalue weighted by Gasteiger charge is -2.27. The lowest BCUT2D eigenvalue weighted by molar-refractivity contribution is 0.669. The lowest BCUT2D eigenvalue weighted by atomic mass is 9.97. The Morgan fingerprint density at radius 2 is 0.915 bits per heavy atom. The van der Waals surface area contributed by atoms with Gasteiger partial charge < -0.3 is 13.7 Å². The van der Waals surface area contributed by atoms with Crippen LogP contribution in [-0.2, 0) is 0 Å². The van der Waals surface area contributed by atoms with E-state index in [1.807, 2.05) is 12.1 Å². The van der Waals surface area contributed by atoms with Gasteiger partial charge in [-0.1, -0.05) is 146 Å². The van der Waals surface area contributed by atoms with Crippen LogP contribution in [0.3, 0.4) is 0 Å². The van der Waals surface area contributed by atoms with Crippen molar-refractivity contribution in [3.63, 3.8) is 0 Å². The molecule has 0 unspecified atom stereocenters. The van der Waals surface area contributed by atoms with Crippen molar-refractivity contribution in [3.8, 4) is 33.4 Å². The van der Waals surface area contributed by atoms with Crippen molar-refractivity contribution >= 4 is 82.5 Å². The summed E-state index contributed by atoms with van der Waals surface area (Å²) in [5, 5.41) is 9.30. The Labute approximate surface area is 340 Å². The van der Waals surface area contributed by atoms with E-state index in [2.05, 4.69) is 205 Å². The largest absolute Gasteiger partial charge is 0.456 e. The van der Waals surface area contributed by atoms with Crippen LogP contribution in [-0.4, -0.2) is 0 Å². The molecule has 0 aliphatic rings. The fourth-order valence-corrected chi connectivity index (χ4v) is 8.97. The summed E-state index contributed by atoms with van der Waals surface area (Å²) < 4.78 is 13.3. The van der Waals surface area contributed by atoms with Crippen molar-refractivity contribution in [1.82, 2.24) is 0 Å². The molecule has 0 spiro atoms. The second-order valence-corrected chi connectivity index (χ2v) is 15.3. The summed E-state index contributed by atoms with van der Waals surface area (Å²) in [6.45, 7) is 0. The molecule has 0 atom stereocenters. The normalized spacial score (nSPS) is 11.7. The zero-order chi connectivity index (χ0) is 38.9. The molecule has 12 aromatic rings. The van der Waals surface area contributed by atoms with Crippen molar-refractivity contribution in [3.05, 3.63) is 212 Å². The van der Waals surface area contributed by atoms with Crippen LogP contribution in [0, 0.1) is 0 Å². The standard InChI is InChI=1S/C56H35NO2/c1-3-11-36(12-4-1)42-25-29-47-50-35-44(28-32-53(50)58-54(47)34-42)57(51-31-30-46(38-13-5-2-6-14-38)56-55(51)48-17-9-10-18-52(48)59-56)43-26-23-37(24-27-43)41-22-21-40-20-19-39-15-7-8-16-45(39)49(40)33-41/h1-35H. The number of fused-ring (bicyclic) bond motifs is 9. The minimum atomic E-state index is 0.853. The summed E-state index contributed by atoms with van der Waals surface area (Å²) in [6.07, 6.45) is 0. The summed E-state index contributed by atoms with van der Waals surface area (Å²) in [4.78, 5) is 2.37.